The van der Waals surface area contributed by atoms with Gasteiger partial charge in [0.15, 0.2) is 19.4 Å². The van der Waals surface area contributed by atoms with E-state index in [9.17, 15) is 19.2 Å². The summed E-state index contributed by atoms with van der Waals surface area (Å²) in [7, 11) is 3.01. The van der Waals surface area contributed by atoms with Gasteiger partial charge in [-0.05, 0) is 101 Å². The minimum atomic E-state index is -0.891. The molecule has 4 aromatic rings. The molecule has 0 spiro atoms. The number of carbonyl (C=O) groups excluding carboxylic acids is 4. The number of pyridine rings is 1. The molecule has 2 atom stereocenters. The van der Waals surface area contributed by atoms with Crippen molar-refractivity contribution in [2.75, 3.05) is 40.9 Å². The highest BCUT2D eigenvalue weighted by molar-refractivity contribution is 6.12. The SMILES string of the molecule is COCOc1cc2cccnc2cc1C(=O)c1ccc(C(=O)O[C@@H]2CCCN(OC(=O)OC(C)(C)C)C[C@H]2NC(=O)c2cc(C)c(OCOC)c(C)c2)cc1. The first-order valence-corrected chi connectivity index (χ1v) is 17.8. The third kappa shape index (κ3) is 10.8. The number of methoxy groups -OCH3 is 2. The van der Waals surface area contributed by atoms with Crippen LogP contribution in [0.3, 0.4) is 0 Å². The van der Waals surface area contributed by atoms with Crippen LogP contribution in [0, 0.1) is 13.8 Å². The van der Waals surface area contributed by atoms with Gasteiger partial charge in [0.05, 0.1) is 29.2 Å². The average molecular weight is 758 g/mol. The second-order valence-corrected chi connectivity index (χ2v) is 14.1. The number of ether oxygens (including phenoxy) is 6. The number of hydroxylamine groups is 2. The summed E-state index contributed by atoms with van der Waals surface area (Å²) in [6, 6.07) is 15.7. The summed E-state index contributed by atoms with van der Waals surface area (Å²) in [5, 5.41) is 5.20. The monoisotopic (exact) mass is 757 g/mol. The number of aromatic nitrogens is 1. The van der Waals surface area contributed by atoms with E-state index in [0.717, 1.165) is 16.5 Å². The van der Waals surface area contributed by atoms with Crippen molar-refractivity contribution >= 4 is 34.7 Å². The fraction of sp³-hybridized carbons (Fsp3) is 0.390. The third-order valence-electron chi connectivity index (χ3n) is 8.62. The van der Waals surface area contributed by atoms with Crippen molar-refractivity contribution in [2.24, 2.45) is 0 Å². The van der Waals surface area contributed by atoms with Gasteiger partial charge < -0.3 is 38.6 Å². The summed E-state index contributed by atoms with van der Waals surface area (Å²) < 4.78 is 32.9. The standard InChI is InChI=1S/C41H47N3O11/c1-25-18-30(19-26(2)37(25)52-24-50-7)38(46)43-33-22-44(55-40(48)54-41(3,4)5)17-9-11-34(33)53-39(47)28-14-12-27(13-15-28)36(45)31-21-32-29(10-8-16-42-32)20-35(31)51-23-49-6/h8,10,12-16,18-21,33-34H,9,11,17,22-24H2,1-7H3,(H,43,46)/t33-,34-/m1/s1. The summed E-state index contributed by atoms with van der Waals surface area (Å²) in [6.07, 6.45) is 0.767. The lowest BCUT2D eigenvalue weighted by atomic mass is 9.99. The Morgan fingerprint density at radius 3 is 2.22 bits per heavy atom. The van der Waals surface area contributed by atoms with Gasteiger partial charge in [0.25, 0.3) is 5.91 Å². The predicted molar refractivity (Wildman–Crippen MR) is 201 cm³/mol. The Bertz CT molecular complexity index is 1990. The Labute approximate surface area is 319 Å². The van der Waals surface area contributed by atoms with E-state index in [2.05, 4.69) is 10.3 Å². The smallest absolute Gasteiger partial charge is 0.467 e. The van der Waals surface area contributed by atoms with Crippen LogP contribution in [0.2, 0.25) is 0 Å². The van der Waals surface area contributed by atoms with Crippen LogP contribution in [0.4, 0.5) is 4.79 Å². The molecule has 0 bridgehead atoms. The third-order valence-corrected chi connectivity index (χ3v) is 8.62. The first kappa shape index (κ1) is 40.6. The molecule has 14 heteroatoms. The van der Waals surface area contributed by atoms with Crippen LogP contribution in [0.15, 0.2) is 66.9 Å². The molecule has 1 N–H and O–H groups in total. The Hall–Kier alpha value is -5.57. The van der Waals surface area contributed by atoms with Gasteiger partial charge in [0.1, 0.15) is 23.2 Å². The number of nitrogens with one attached hydrogen (secondary N) is 1. The quantitative estimate of drug-likeness (QED) is 0.0916. The highest BCUT2D eigenvalue weighted by Crippen LogP contribution is 2.29. The van der Waals surface area contributed by atoms with Gasteiger partial charge in [-0.25, -0.2) is 9.59 Å². The predicted octanol–water partition coefficient (Wildman–Crippen LogP) is 6.33. The van der Waals surface area contributed by atoms with Crippen molar-refractivity contribution in [1.82, 2.24) is 15.4 Å². The molecule has 1 aromatic heterocycles. The number of hydrogen-bond donors (Lipinski definition) is 1. The van der Waals surface area contributed by atoms with Crippen molar-refractivity contribution in [3.8, 4) is 11.5 Å². The van der Waals surface area contributed by atoms with Gasteiger partial charge in [-0.3, -0.25) is 14.6 Å². The molecule has 1 amide bonds. The van der Waals surface area contributed by atoms with Gasteiger partial charge in [0.2, 0.25) is 0 Å². The number of amides is 1. The van der Waals surface area contributed by atoms with Gasteiger partial charge in [-0.15, -0.1) is 5.06 Å². The lowest BCUT2D eigenvalue weighted by molar-refractivity contribution is -0.144. The van der Waals surface area contributed by atoms with Crippen LogP contribution >= 0.6 is 0 Å². The molecule has 14 nitrogen and oxygen atoms in total. The minimum Gasteiger partial charge on any atom is -0.467 e. The molecule has 3 aromatic carbocycles. The number of benzene rings is 3. The van der Waals surface area contributed by atoms with Crippen LogP contribution in [0.25, 0.3) is 10.9 Å². The van der Waals surface area contributed by atoms with Gasteiger partial charge in [-0.2, -0.15) is 0 Å². The molecular weight excluding hydrogens is 710 g/mol. The zero-order valence-corrected chi connectivity index (χ0v) is 32.1. The average Bonchev–Trinajstić information content (AvgIpc) is 3.32. The van der Waals surface area contributed by atoms with Crippen LogP contribution < -0.4 is 14.8 Å². The molecule has 0 radical (unpaired) electrons. The van der Waals surface area contributed by atoms with Gasteiger partial charge >= 0.3 is 12.1 Å². The fourth-order valence-electron chi connectivity index (χ4n) is 6.15. The van der Waals surface area contributed by atoms with Crippen LogP contribution in [-0.2, 0) is 23.8 Å². The van der Waals surface area contributed by atoms with E-state index in [1.54, 1.807) is 57.3 Å². The number of fused-ring (bicyclic) bond motifs is 1. The molecule has 1 fully saturated rings. The number of rotatable bonds is 13. The number of carbonyl (C=O) groups is 4. The highest BCUT2D eigenvalue weighted by atomic mass is 16.8. The molecule has 1 saturated heterocycles. The van der Waals surface area contributed by atoms with Crippen LogP contribution in [-0.4, -0.2) is 92.5 Å². The molecule has 0 unspecified atom stereocenters. The highest BCUT2D eigenvalue weighted by Gasteiger charge is 2.34. The number of aryl methyl sites for hydroxylation is 2. The second kappa shape index (κ2) is 18.2. The zero-order valence-electron chi connectivity index (χ0n) is 32.1. The van der Waals surface area contributed by atoms with Crippen molar-refractivity contribution in [1.29, 1.82) is 0 Å². The zero-order chi connectivity index (χ0) is 39.7. The Morgan fingerprint density at radius 2 is 1.55 bits per heavy atom. The Balaban J connectivity index is 1.35. The van der Waals surface area contributed by atoms with Crippen molar-refractivity contribution in [2.45, 2.75) is 65.2 Å². The number of esters is 1. The van der Waals surface area contributed by atoms with E-state index in [-0.39, 0.29) is 37.0 Å². The molecule has 5 rings (SSSR count). The minimum absolute atomic E-state index is 0.0114. The van der Waals surface area contributed by atoms with Crippen LogP contribution in [0.1, 0.15) is 81.4 Å². The molecule has 55 heavy (non-hydrogen) atoms. The number of nitrogens with zero attached hydrogens (tertiary/aromatic N) is 2. The van der Waals surface area contributed by atoms with Crippen molar-refractivity contribution in [3.05, 3.63) is 100 Å². The number of hydrogen-bond acceptors (Lipinski definition) is 13. The Morgan fingerprint density at radius 1 is 0.873 bits per heavy atom. The topological polar surface area (TPSA) is 161 Å². The summed E-state index contributed by atoms with van der Waals surface area (Å²) >= 11 is 0. The van der Waals surface area contributed by atoms with E-state index in [1.807, 2.05) is 19.9 Å². The first-order chi connectivity index (χ1) is 26.3. The molecule has 0 aliphatic carbocycles. The molecular formula is C41H47N3O11. The molecule has 1 aliphatic rings. The second-order valence-electron chi connectivity index (χ2n) is 14.1. The fourth-order valence-corrected chi connectivity index (χ4v) is 6.15. The molecule has 1 aliphatic heterocycles. The van der Waals surface area contributed by atoms with E-state index < -0.39 is 35.8 Å². The van der Waals surface area contributed by atoms with Crippen molar-refractivity contribution in [3.63, 3.8) is 0 Å². The normalized spacial score (nSPS) is 16.1. The van der Waals surface area contributed by atoms with E-state index in [0.29, 0.717) is 47.5 Å². The summed E-state index contributed by atoms with van der Waals surface area (Å²) in [5.41, 5.74) is 2.47. The molecule has 292 valence electrons. The van der Waals surface area contributed by atoms with E-state index >= 15 is 0 Å². The largest absolute Gasteiger partial charge is 0.528 e. The maximum absolute atomic E-state index is 13.7. The maximum Gasteiger partial charge on any atom is 0.528 e. The van der Waals surface area contributed by atoms with Gasteiger partial charge in [0, 0.05) is 43.5 Å². The van der Waals surface area contributed by atoms with Crippen LogP contribution in [0.5, 0.6) is 11.5 Å². The van der Waals surface area contributed by atoms with E-state index in [4.69, 9.17) is 33.3 Å². The van der Waals surface area contributed by atoms with Crippen molar-refractivity contribution < 1.29 is 52.4 Å². The first-order valence-electron chi connectivity index (χ1n) is 17.8. The lowest BCUT2D eigenvalue weighted by Gasteiger charge is -2.29. The Kier molecular flexibility index (Phi) is 13.4. The summed E-state index contributed by atoms with van der Waals surface area (Å²) in [4.78, 5) is 63.5. The molecule has 2 heterocycles. The summed E-state index contributed by atoms with van der Waals surface area (Å²) in [6.45, 7) is 9.15. The van der Waals surface area contributed by atoms with Gasteiger partial charge in [-0.1, -0.05) is 18.2 Å². The van der Waals surface area contributed by atoms with E-state index in [1.165, 1.54) is 43.5 Å². The number of ketones is 1. The molecule has 0 saturated carbocycles. The summed E-state index contributed by atoms with van der Waals surface area (Å²) in [5.74, 6) is -0.467. The lowest BCUT2D eigenvalue weighted by Crippen LogP contribution is -2.50. The maximum atomic E-state index is 13.7.